The molecule has 2 amide bonds. The SMILES string of the molecule is Cc1ccccc1S(=O)(=O)Nc1ccc2occ(C3CCC(=O)NC3=O)c2c1. The monoisotopic (exact) mass is 398 g/mol. The molecule has 0 saturated carbocycles. The van der Waals surface area contributed by atoms with Crippen LogP contribution in [0.25, 0.3) is 11.0 Å². The number of piperidine rings is 1. The second-order valence-electron chi connectivity index (χ2n) is 6.78. The van der Waals surface area contributed by atoms with E-state index in [1.54, 1.807) is 49.4 Å². The standard InChI is InChI=1S/C20H18N2O5S/c1-12-4-2-3-5-18(12)28(25,26)22-13-6-8-17-15(10-13)16(11-27-17)14-7-9-19(23)21-20(14)24/h2-6,8,10-11,14,22H,7,9H2,1H3,(H,21,23,24). The highest BCUT2D eigenvalue weighted by molar-refractivity contribution is 7.92. The summed E-state index contributed by atoms with van der Waals surface area (Å²) in [6, 6.07) is 11.6. The smallest absolute Gasteiger partial charge is 0.262 e. The van der Waals surface area contributed by atoms with Gasteiger partial charge in [-0.2, -0.15) is 0 Å². The highest BCUT2D eigenvalue weighted by Gasteiger charge is 2.30. The predicted molar refractivity (Wildman–Crippen MR) is 103 cm³/mol. The molecule has 0 bridgehead atoms. The normalized spacial score (nSPS) is 17.5. The van der Waals surface area contributed by atoms with Crippen molar-refractivity contribution in [2.45, 2.75) is 30.6 Å². The fraction of sp³-hybridized carbons (Fsp3) is 0.200. The first-order chi connectivity index (χ1) is 13.3. The summed E-state index contributed by atoms with van der Waals surface area (Å²) < 4.78 is 33.6. The van der Waals surface area contributed by atoms with Crippen molar-refractivity contribution < 1.29 is 22.4 Å². The Hall–Kier alpha value is -3.13. The number of furan rings is 1. The lowest BCUT2D eigenvalue weighted by molar-refractivity contribution is -0.134. The first-order valence-electron chi connectivity index (χ1n) is 8.78. The van der Waals surface area contributed by atoms with E-state index in [9.17, 15) is 18.0 Å². The zero-order chi connectivity index (χ0) is 19.9. The van der Waals surface area contributed by atoms with Crippen LogP contribution >= 0.6 is 0 Å². The van der Waals surface area contributed by atoms with Gasteiger partial charge in [0.2, 0.25) is 11.8 Å². The van der Waals surface area contributed by atoms with Gasteiger partial charge in [0.05, 0.1) is 17.1 Å². The molecule has 1 saturated heterocycles. The van der Waals surface area contributed by atoms with Gasteiger partial charge in [0, 0.05) is 23.1 Å². The zero-order valence-electron chi connectivity index (χ0n) is 15.1. The van der Waals surface area contributed by atoms with Crippen molar-refractivity contribution >= 4 is 38.5 Å². The van der Waals surface area contributed by atoms with E-state index in [2.05, 4.69) is 10.0 Å². The molecular weight excluding hydrogens is 380 g/mol. The lowest BCUT2D eigenvalue weighted by Gasteiger charge is -2.20. The summed E-state index contributed by atoms with van der Waals surface area (Å²) in [5.41, 5.74) is 2.18. The van der Waals surface area contributed by atoms with Crippen molar-refractivity contribution in [3.63, 3.8) is 0 Å². The van der Waals surface area contributed by atoms with Gasteiger partial charge in [-0.05, 0) is 43.2 Å². The predicted octanol–water partition coefficient (Wildman–Crippen LogP) is 3.06. The number of anilines is 1. The van der Waals surface area contributed by atoms with Crippen LogP contribution in [0.15, 0.2) is 58.0 Å². The summed E-state index contributed by atoms with van der Waals surface area (Å²) in [6.45, 7) is 1.73. The number of carbonyl (C=O) groups excluding carboxylic acids is 2. The molecule has 1 atom stereocenters. The van der Waals surface area contributed by atoms with Crippen LogP contribution in [0.3, 0.4) is 0 Å². The third-order valence-corrected chi connectivity index (χ3v) is 6.39. The van der Waals surface area contributed by atoms with Crippen LogP contribution in [0.4, 0.5) is 5.69 Å². The Morgan fingerprint density at radius 3 is 2.68 bits per heavy atom. The second-order valence-corrected chi connectivity index (χ2v) is 8.43. The molecule has 28 heavy (non-hydrogen) atoms. The van der Waals surface area contributed by atoms with Crippen molar-refractivity contribution in [3.05, 3.63) is 59.9 Å². The van der Waals surface area contributed by atoms with Crippen molar-refractivity contribution in [2.75, 3.05) is 4.72 Å². The number of aryl methyl sites for hydroxylation is 1. The van der Waals surface area contributed by atoms with E-state index < -0.39 is 15.9 Å². The summed E-state index contributed by atoms with van der Waals surface area (Å²) in [4.78, 5) is 23.8. The Morgan fingerprint density at radius 2 is 1.93 bits per heavy atom. The first-order valence-corrected chi connectivity index (χ1v) is 10.3. The van der Waals surface area contributed by atoms with Crippen LogP contribution in [-0.2, 0) is 19.6 Å². The number of nitrogens with one attached hydrogen (secondary N) is 2. The maximum absolute atomic E-state index is 12.7. The molecule has 1 aliphatic heterocycles. The quantitative estimate of drug-likeness (QED) is 0.657. The summed E-state index contributed by atoms with van der Waals surface area (Å²) in [7, 11) is -3.76. The van der Waals surface area contributed by atoms with Gasteiger partial charge >= 0.3 is 0 Å². The van der Waals surface area contributed by atoms with E-state index in [1.165, 1.54) is 6.26 Å². The van der Waals surface area contributed by atoms with Crippen LogP contribution in [0.5, 0.6) is 0 Å². The molecule has 0 spiro atoms. The Kier molecular flexibility index (Phi) is 4.43. The van der Waals surface area contributed by atoms with E-state index in [-0.39, 0.29) is 23.1 Å². The largest absolute Gasteiger partial charge is 0.464 e. The van der Waals surface area contributed by atoms with Gasteiger partial charge in [-0.25, -0.2) is 8.42 Å². The molecule has 1 aromatic heterocycles. The molecule has 4 rings (SSSR count). The third kappa shape index (κ3) is 3.27. The number of imide groups is 1. The fourth-order valence-corrected chi connectivity index (χ4v) is 4.74. The second kappa shape index (κ2) is 6.79. The number of hydrogen-bond donors (Lipinski definition) is 2. The Bertz CT molecular complexity index is 1200. The summed E-state index contributed by atoms with van der Waals surface area (Å²) in [5, 5.41) is 2.97. The molecule has 3 aromatic rings. The van der Waals surface area contributed by atoms with Gasteiger partial charge in [0.1, 0.15) is 5.58 Å². The minimum absolute atomic E-state index is 0.202. The molecule has 8 heteroatoms. The van der Waals surface area contributed by atoms with Gasteiger partial charge < -0.3 is 4.42 Å². The highest BCUT2D eigenvalue weighted by atomic mass is 32.2. The number of hydrogen-bond acceptors (Lipinski definition) is 5. The van der Waals surface area contributed by atoms with E-state index in [0.29, 0.717) is 34.2 Å². The maximum atomic E-state index is 12.7. The molecule has 144 valence electrons. The Balaban J connectivity index is 1.69. The van der Waals surface area contributed by atoms with Gasteiger partial charge in [-0.3, -0.25) is 19.6 Å². The number of carbonyl (C=O) groups is 2. The van der Waals surface area contributed by atoms with Crippen molar-refractivity contribution in [1.82, 2.24) is 5.32 Å². The molecule has 2 aromatic carbocycles. The maximum Gasteiger partial charge on any atom is 0.262 e. The van der Waals surface area contributed by atoms with E-state index in [0.717, 1.165) is 0 Å². The van der Waals surface area contributed by atoms with Crippen LogP contribution in [-0.4, -0.2) is 20.2 Å². The van der Waals surface area contributed by atoms with E-state index >= 15 is 0 Å². The molecule has 1 unspecified atom stereocenters. The highest BCUT2D eigenvalue weighted by Crippen LogP contribution is 2.34. The summed E-state index contributed by atoms with van der Waals surface area (Å²) in [5.74, 6) is -1.17. The van der Waals surface area contributed by atoms with Gasteiger partial charge in [-0.1, -0.05) is 18.2 Å². The Morgan fingerprint density at radius 1 is 1.14 bits per heavy atom. The van der Waals surface area contributed by atoms with Crippen molar-refractivity contribution in [2.24, 2.45) is 0 Å². The van der Waals surface area contributed by atoms with E-state index in [1.807, 2.05) is 0 Å². The topological polar surface area (TPSA) is 105 Å². The van der Waals surface area contributed by atoms with Crippen molar-refractivity contribution in [3.8, 4) is 0 Å². The first kappa shape index (κ1) is 18.2. The molecule has 2 heterocycles. The molecular formula is C20H18N2O5S. The number of benzene rings is 2. The lowest BCUT2D eigenvalue weighted by Crippen LogP contribution is -2.39. The summed E-state index contributed by atoms with van der Waals surface area (Å²) >= 11 is 0. The van der Waals surface area contributed by atoms with Gasteiger partial charge in [0.15, 0.2) is 0 Å². The van der Waals surface area contributed by atoms with Crippen LogP contribution in [0, 0.1) is 6.92 Å². The number of rotatable bonds is 4. The molecule has 7 nitrogen and oxygen atoms in total. The van der Waals surface area contributed by atoms with Crippen molar-refractivity contribution in [1.29, 1.82) is 0 Å². The Labute approximate surface area is 161 Å². The number of amides is 2. The van der Waals surface area contributed by atoms with Gasteiger partial charge in [-0.15, -0.1) is 0 Å². The minimum Gasteiger partial charge on any atom is -0.464 e. The fourth-order valence-electron chi connectivity index (χ4n) is 3.44. The third-order valence-electron chi connectivity index (χ3n) is 4.85. The number of fused-ring (bicyclic) bond motifs is 1. The molecule has 2 N–H and O–H groups in total. The molecule has 0 aliphatic carbocycles. The average Bonchev–Trinajstić information content (AvgIpc) is 3.04. The molecule has 1 aliphatic rings. The van der Waals surface area contributed by atoms with E-state index in [4.69, 9.17) is 4.42 Å². The van der Waals surface area contributed by atoms with Crippen LogP contribution in [0.1, 0.15) is 29.9 Å². The summed E-state index contributed by atoms with van der Waals surface area (Å²) in [6.07, 6.45) is 2.13. The number of sulfonamides is 1. The molecule has 1 fully saturated rings. The minimum atomic E-state index is -3.76. The molecule has 0 radical (unpaired) electrons. The lowest BCUT2D eigenvalue weighted by atomic mass is 9.90. The average molecular weight is 398 g/mol. The van der Waals surface area contributed by atoms with Gasteiger partial charge in [0.25, 0.3) is 10.0 Å². The zero-order valence-corrected chi connectivity index (χ0v) is 15.9. The van der Waals surface area contributed by atoms with Crippen LogP contribution < -0.4 is 10.0 Å². The van der Waals surface area contributed by atoms with Crippen LogP contribution in [0.2, 0.25) is 0 Å².